The number of hydrogen-bond acceptors (Lipinski definition) is 4. The fourth-order valence-corrected chi connectivity index (χ4v) is 3.29. The standard InChI is InChI=1S/C21H28N4O/c1-5-9-16(4)20-19(17-10-7-6-8-11-17)22-14-25(20)13-12-18-23-21(15(2)3)24-26-18/h6-8,10-11,14-16H,5,9,12-13H2,1-4H3. The van der Waals surface area contributed by atoms with Crippen LogP contribution in [0.4, 0.5) is 0 Å². The average Bonchev–Trinajstić information content (AvgIpc) is 3.28. The molecule has 3 aromatic rings. The summed E-state index contributed by atoms with van der Waals surface area (Å²) in [6, 6.07) is 10.4. The molecule has 0 saturated carbocycles. The molecule has 0 aliphatic carbocycles. The normalized spacial score (nSPS) is 12.7. The molecule has 0 fully saturated rings. The lowest BCUT2D eigenvalue weighted by molar-refractivity contribution is 0.364. The van der Waals surface area contributed by atoms with Gasteiger partial charge in [0.2, 0.25) is 5.89 Å². The average molecular weight is 352 g/mol. The summed E-state index contributed by atoms with van der Waals surface area (Å²) in [5.41, 5.74) is 3.55. The first kappa shape index (κ1) is 18.4. The van der Waals surface area contributed by atoms with E-state index in [0.29, 0.717) is 11.8 Å². The molecule has 0 radical (unpaired) electrons. The van der Waals surface area contributed by atoms with E-state index >= 15 is 0 Å². The molecule has 0 bridgehead atoms. The number of aryl methyl sites for hydroxylation is 2. The molecule has 26 heavy (non-hydrogen) atoms. The molecule has 3 rings (SSSR count). The molecule has 1 atom stereocenters. The van der Waals surface area contributed by atoms with E-state index in [1.165, 1.54) is 11.3 Å². The van der Waals surface area contributed by atoms with Crippen LogP contribution in [0.3, 0.4) is 0 Å². The number of hydrogen-bond donors (Lipinski definition) is 0. The zero-order valence-corrected chi connectivity index (χ0v) is 16.1. The maximum Gasteiger partial charge on any atom is 0.228 e. The zero-order valence-electron chi connectivity index (χ0n) is 16.1. The summed E-state index contributed by atoms with van der Waals surface area (Å²) < 4.78 is 7.64. The van der Waals surface area contributed by atoms with E-state index in [-0.39, 0.29) is 5.92 Å². The second-order valence-corrected chi connectivity index (χ2v) is 7.18. The molecule has 0 saturated heterocycles. The summed E-state index contributed by atoms with van der Waals surface area (Å²) in [6.45, 7) is 9.45. The Bertz CT molecular complexity index is 820. The number of nitrogens with zero attached hydrogens (tertiary/aromatic N) is 4. The van der Waals surface area contributed by atoms with Gasteiger partial charge in [-0.25, -0.2) is 4.98 Å². The number of rotatable bonds is 8. The summed E-state index contributed by atoms with van der Waals surface area (Å²) in [6.07, 6.45) is 4.96. The molecule has 138 valence electrons. The lowest BCUT2D eigenvalue weighted by atomic mass is 9.97. The minimum absolute atomic E-state index is 0.283. The predicted octanol–water partition coefficient (Wildman–Crippen LogP) is 5.20. The van der Waals surface area contributed by atoms with E-state index in [1.54, 1.807) is 0 Å². The van der Waals surface area contributed by atoms with Crippen molar-refractivity contribution in [3.8, 4) is 11.3 Å². The molecule has 0 aliphatic heterocycles. The van der Waals surface area contributed by atoms with E-state index in [9.17, 15) is 0 Å². The van der Waals surface area contributed by atoms with E-state index in [4.69, 9.17) is 9.51 Å². The maximum atomic E-state index is 5.39. The van der Waals surface area contributed by atoms with E-state index in [2.05, 4.69) is 66.7 Å². The molecule has 1 aromatic carbocycles. The van der Waals surface area contributed by atoms with Gasteiger partial charge >= 0.3 is 0 Å². The Hall–Kier alpha value is -2.43. The van der Waals surface area contributed by atoms with Crippen molar-refractivity contribution in [2.75, 3.05) is 0 Å². The van der Waals surface area contributed by atoms with Crippen LogP contribution in [0.25, 0.3) is 11.3 Å². The largest absolute Gasteiger partial charge is 0.339 e. The van der Waals surface area contributed by atoms with Gasteiger partial charge in [-0.05, 0) is 12.3 Å². The SMILES string of the molecule is CCCC(C)c1c(-c2ccccc2)ncn1CCc1nc(C(C)C)no1. The minimum atomic E-state index is 0.283. The zero-order chi connectivity index (χ0) is 18.5. The van der Waals surface area contributed by atoms with Crippen LogP contribution in [0.1, 0.15) is 69.8 Å². The van der Waals surface area contributed by atoms with Crippen LogP contribution in [0, 0.1) is 0 Å². The second kappa shape index (κ2) is 8.30. The van der Waals surface area contributed by atoms with Crippen LogP contribution in [0.15, 0.2) is 41.2 Å². The highest BCUT2D eigenvalue weighted by molar-refractivity contribution is 5.62. The summed E-state index contributed by atoms with van der Waals surface area (Å²) in [5.74, 6) is 2.20. The Labute approximate surface area is 155 Å². The number of aromatic nitrogens is 4. The predicted molar refractivity (Wildman–Crippen MR) is 103 cm³/mol. The summed E-state index contributed by atoms with van der Waals surface area (Å²) in [4.78, 5) is 9.22. The molecule has 0 spiro atoms. The van der Waals surface area contributed by atoms with Gasteiger partial charge in [-0.1, -0.05) is 69.6 Å². The van der Waals surface area contributed by atoms with Crippen LogP contribution < -0.4 is 0 Å². The van der Waals surface area contributed by atoms with Crippen molar-refractivity contribution in [3.05, 3.63) is 54.1 Å². The summed E-state index contributed by atoms with van der Waals surface area (Å²) in [7, 11) is 0. The van der Waals surface area contributed by atoms with Crippen LogP contribution in [-0.2, 0) is 13.0 Å². The number of benzene rings is 1. The minimum Gasteiger partial charge on any atom is -0.339 e. The van der Waals surface area contributed by atoms with Crippen LogP contribution >= 0.6 is 0 Å². The number of imidazole rings is 1. The highest BCUT2D eigenvalue weighted by Gasteiger charge is 2.19. The Kier molecular flexibility index (Phi) is 5.86. The fourth-order valence-electron chi connectivity index (χ4n) is 3.29. The van der Waals surface area contributed by atoms with Crippen molar-refractivity contribution in [2.45, 2.75) is 65.3 Å². The first-order chi connectivity index (χ1) is 12.6. The molecule has 0 aliphatic rings. The van der Waals surface area contributed by atoms with Gasteiger partial charge in [-0.15, -0.1) is 0 Å². The molecular weight excluding hydrogens is 324 g/mol. The highest BCUT2D eigenvalue weighted by Crippen LogP contribution is 2.31. The van der Waals surface area contributed by atoms with Gasteiger partial charge in [0.15, 0.2) is 5.82 Å². The molecule has 0 N–H and O–H groups in total. The van der Waals surface area contributed by atoms with Crippen LogP contribution in [-0.4, -0.2) is 19.7 Å². The highest BCUT2D eigenvalue weighted by atomic mass is 16.5. The van der Waals surface area contributed by atoms with Crippen molar-refractivity contribution in [1.82, 2.24) is 19.7 Å². The monoisotopic (exact) mass is 352 g/mol. The molecule has 2 heterocycles. The molecule has 1 unspecified atom stereocenters. The van der Waals surface area contributed by atoms with Crippen LogP contribution in [0.5, 0.6) is 0 Å². The molecule has 2 aromatic heterocycles. The van der Waals surface area contributed by atoms with Gasteiger partial charge in [-0.3, -0.25) is 0 Å². The van der Waals surface area contributed by atoms with Crippen molar-refractivity contribution in [2.24, 2.45) is 0 Å². The molecule has 5 heteroatoms. The molecule has 0 amide bonds. The Morgan fingerprint density at radius 1 is 1.12 bits per heavy atom. The summed E-state index contributed by atoms with van der Waals surface area (Å²) in [5, 5.41) is 4.06. The second-order valence-electron chi connectivity index (χ2n) is 7.18. The lowest BCUT2D eigenvalue weighted by Crippen LogP contribution is -2.08. The quantitative estimate of drug-likeness (QED) is 0.559. The fraction of sp³-hybridized carbons (Fsp3) is 0.476. The van der Waals surface area contributed by atoms with Crippen molar-refractivity contribution in [3.63, 3.8) is 0 Å². The smallest absolute Gasteiger partial charge is 0.228 e. The Morgan fingerprint density at radius 2 is 1.88 bits per heavy atom. The van der Waals surface area contributed by atoms with Crippen LogP contribution in [0.2, 0.25) is 0 Å². The maximum absolute atomic E-state index is 5.39. The van der Waals surface area contributed by atoms with E-state index in [1.807, 2.05) is 12.4 Å². The van der Waals surface area contributed by atoms with Crippen molar-refractivity contribution in [1.29, 1.82) is 0 Å². The van der Waals surface area contributed by atoms with Gasteiger partial charge in [-0.2, -0.15) is 4.98 Å². The third-order valence-corrected chi connectivity index (χ3v) is 4.68. The van der Waals surface area contributed by atoms with Gasteiger partial charge < -0.3 is 9.09 Å². The summed E-state index contributed by atoms with van der Waals surface area (Å²) >= 11 is 0. The topological polar surface area (TPSA) is 56.7 Å². The first-order valence-electron chi connectivity index (χ1n) is 9.53. The van der Waals surface area contributed by atoms with Gasteiger partial charge in [0, 0.05) is 30.1 Å². The Morgan fingerprint density at radius 3 is 2.54 bits per heavy atom. The van der Waals surface area contributed by atoms with E-state index < -0.39 is 0 Å². The lowest BCUT2D eigenvalue weighted by Gasteiger charge is -2.16. The van der Waals surface area contributed by atoms with Gasteiger partial charge in [0.05, 0.1) is 12.0 Å². The van der Waals surface area contributed by atoms with Crippen molar-refractivity contribution >= 4 is 0 Å². The first-order valence-corrected chi connectivity index (χ1v) is 9.53. The van der Waals surface area contributed by atoms with Gasteiger partial charge in [0.1, 0.15) is 0 Å². The third-order valence-electron chi connectivity index (χ3n) is 4.68. The molecule has 5 nitrogen and oxygen atoms in total. The molecular formula is C21H28N4O. The third kappa shape index (κ3) is 4.03. The van der Waals surface area contributed by atoms with Gasteiger partial charge in [0.25, 0.3) is 0 Å². The van der Waals surface area contributed by atoms with Crippen molar-refractivity contribution < 1.29 is 4.52 Å². The van der Waals surface area contributed by atoms with E-state index in [0.717, 1.165) is 37.3 Å². The Balaban J connectivity index is 1.85.